The number of hydrogen-bond acceptors (Lipinski definition) is 5. The number of nitrogens with one attached hydrogen (secondary N) is 1. The minimum atomic E-state index is -3.80. The molecular formula is C22H24N4O3S. The maximum absolute atomic E-state index is 12.8. The van der Waals surface area contributed by atoms with Gasteiger partial charge in [-0.25, -0.2) is 13.8 Å². The molecule has 0 unspecified atom stereocenters. The molecule has 0 saturated heterocycles. The summed E-state index contributed by atoms with van der Waals surface area (Å²) in [6.45, 7) is -0.341. The summed E-state index contributed by atoms with van der Waals surface area (Å²) in [7, 11) is 1.47. The van der Waals surface area contributed by atoms with Crippen LogP contribution in [-0.4, -0.2) is 52.5 Å². The van der Waals surface area contributed by atoms with E-state index in [1.807, 2.05) is 67.5 Å². The van der Waals surface area contributed by atoms with Crippen LogP contribution in [0.4, 0.5) is 5.69 Å². The number of rotatable bonds is 7. The van der Waals surface area contributed by atoms with Crippen LogP contribution >= 0.6 is 0 Å². The molecule has 0 radical (unpaired) electrons. The predicted octanol–water partition coefficient (Wildman–Crippen LogP) is 2.68. The Morgan fingerprint density at radius 1 is 0.967 bits per heavy atom. The summed E-state index contributed by atoms with van der Waals surface area (Å²) < 4.78 is 26.6. The number of likely N-dealkylation sites (N-methyl/N-ethyl adjacent to an activating group) is 1. The normalized spacial score (nSPS) is 11.9. The molecule has 7 nitrogen and oxygen atoms in total. The molecule has 0 saturated carbocycles. The Morgan fingerprint density at radius 3 is 2.30 bits per heavy atom. The average molecular weight is 425 g/mol. The van der Waals surface area contributed by atoms with Crippen molar-refractivity contribution < 1.29 is 13.2 Å². The molecule has 0 spiro atoms. The topological polar surface area (TPSA) is 82.1 Å². The smallest absolute Gasteiger partial charge is 0.255 e. The molecule has 156 valence electrons. The largest absolute Gasteiger partial charge is 0.378 e. The maximum Gasteiger partial charge on any atom is 0.255 e. The van der Waals surface area contributed by atoms with Gasteiger partial charge in [-0.2, -0.15) is 9.41 Å². The highest BCUT2D eigenvalue weighted by molar-refractivity contribution is 7.89. The van der Waals surface area contributed by atoms with Gasteiger partial charge in [0.05, 0.1) is 17.7 Å². The van der Waals surface area contributed by atoms with Gasteiger partial charge in [-0.3, -0.25) is 4.79 Å². The van der Waals surface area contributed by atoms with Crippen LogP contribution in [0, 0.1) is 0 Å². The zero-order valence-electron chi connectivity index (χ0n) is 17.1. The second-order valence-electron chi connectivity index (χ2n) is 7.05. The Labute approximate surface area is 176 Å². The van der Waals surface area contributed by atoms with Crippen molar-refractivity contribution in [3.05, 3.63) is 72.3 Å². The number of fused-ring (bicyclic) bond motifs is 1. The molecule has 0 aliphatic rings. The number of sulfonamides is 1. The van der Waals surface area contributed by atoms with Crippen LogP contribution in [-0.2, 0) is 14.8 Å². The standard InChI is InChI=1S/C22H24N4O3S/c1-25(2)20-11-8-17(9-12-20)15-23-24-22(27)16-26(3)30(28,29)21-13-10-18-6-4-5-7-19(18)14-21/h4-15H,16H2,1-3H3,(H,24,27)/b23-15+. The third kappa shape index (κ3) is 5.03. The number of carbonyl (C=O) groups excluding carboxylic acids is 1. The van der Waals surface area contributed by atoms with E-state index in [1.54, 1.807) is 18.2 Å². The molecule has 0 heterocycles. The lowest BCUT2D eigenvalue weighted by molar-refractivity contribution is -0.121. The number of amides is 1. The highest BCUT2D eigenvalue weighted by atomic mass is 32.2. The summed E-state index contributed by atoms with van der Waals surface area (Å²) in [5.41, 5.74) is 4.24. The van der Waals surface area contributed by atoms with Gasteiger partial charge in [-0.1, -0.05) is 42.5 Å². The fraction of sp³-hybridized carbons (Fsp3) is 0.182. The summed E-state index contributed by atoms with van der Waals surface area (Å²) in [6, 6.07) is 20.0. The summed E-state index contributed by atoms with van der Waals surface area (Å²) in [4.78, 5) is 14.3. The number of nitrogens with zero attached hydrogens (tertiary/aromatic N) is 3. The van der Waals surface area contributed by atoms with Crippen LogP contribution in [0.25, 0.3) is 10.8 Å². The van der Waals surface area contributed by atoms with Crippen molar-refractivity contribution >= 4 is 38.6 Å². The van der Waals surface area contributed by atoms with E-state index in [9.17, 15) is 13.2 Å². The molecule has 3 rings (SSSR count). The molecule has 0 aliphatic carbocycles. The van der Waals surface area contributed by atoms with Gasteiger partial charge in [0.25, 0.3) is 5.91 Å². The van der Waals surface area contributed by atoms with E-state index in [2.05, 4.69) is 10.5 Å². The minimum Gasteiger partial charge on any atom is -0.378 e. The number of hydrazone groups is 1. The maximum atomic E-state index is 12.8. The van der Waals surface area contributed by atoms with Gasteiger partial charge in [-0.15, -0.1) is 0 Å². The highest BCUT2D eigenvalue weighted by Gasteiger charge is 2.23. The molecule has 3 aromatic carbocycles. The first-order chi connectivity index (χ1) is 14.3. The highest BCUT2D eigenvalue weighted by Crippen LogP contribution is 2.21. The number of anilines is 1. The average Bonchev–Trinajstić information content (AvgIpc) is 2.73. The number of benzene rings is 3. The van der Waals surface area contributed by atoms with Crippen molar-refractivity contribution in [2.75, 3.05) is 32.6 Å². The van der Waals surface area contributed by atoms with Gasteiger partial charge in [0, 0.05) is 26.8 Å². The van der Waals surface area contributed by atoms with Crippen LogP contribution in [0.1, 0.15) is 5.56 Å². The second-order valence-corrected chi connectivity index (χ2v) is 9.09. The van der Waals surface area contributed by atoms with Gasteiger partial charge in [0.1, 0.15) is 0 Å². The Bertz CT molecular complexity index is 1170. The molecule has 0 atom stereocenters. The third-order valence-corrected chi connectivity index (χ3v) is 6.41. The lowest BCUT2D eigenvalue weighted by atomic mass is 10.1. The van der Waals surface area contributed by atoms with Gasteiger partial charge >= 0.3 is 0 Å². The Morgan fingerprint density at radius 2 is 1.63 bits per heavy atom. The fourth-order valence-corrected chi connectivity index (χ4v) is 4.03. The first-order valence-corrected chi connectivity index (χ1v) is 10.8. The van der Waals surface area contributed by atoms with Crippen molar-refractivity contribution in [2.24, 2.45) is 5.10 Å². The fourth-order valence-electron chi connectivity index (χ4n) is 2.87. The van der Waals surface area contributed by atoms with Crippen LogP contribution in [0.5, 0.6) is 0 Å². The SMILES string of the molecule is CN(C)c1ccc(/C=N/NC(=O)CN(C)S(=O)(=O)c2ccc3ccccc3c2)cc1. The van der Waals surface area contributed by atoms with Gasteiger partial charge < -0.3 is 4.90 Å². The number of carbonyl (C=O) groups is 1. The van der Waals surface area contributed by atoms with Crippen LogP contribution in [0.3, 0.4) is 0 Å². The van der Waals surface area contributed by atoms with Crippen molar-refractivity contribution in [1.82, 2.24) is 9.73 Å². The van der Waals surface area contributed by atoms with Crippen LogP contribution < -0.4 is 10.3 Å². The van der Waals surface area contributed by atoms with E-state index >= 15 is 0 Å². The number of hydrogen-bond donors (Lipinski definition) is 1. The lowest BCUT2D eigenvalue weighted by Crippen LogP contribution is -2.36. The summed E-state index contributed by atoms with van der Waals surface area (Å²) in [5, 5.41) is 5.67. The molecular weight excluding hydrogens is 400 g/mol. The summed E-state index contributed by atoms with van der Waals surface area (Å²) in [5.74, 6) is -0.525. The van der Waals surface area contributed by atoms with E-state index in [1.165, 1.54) is 13.3 Å². The van der Waals surface area contributed by atoms with Gasteiger partial charge in [-0.05, 0) is 40.6 Å². The van der Waals surface area contributed by atoms with Gasteiger partial charge in [0.15, 0.2) is 0 Å². The lowest BCUT2D eigenvalue weighted by Gasteiger charge is -2.16. The molecule has 3 aromatic rings. The van der Waals surface area contributed by atoms with Crippen molar-refractivity contribution in [3.63, 3.8) is 0 Å². The van der Waals surface area contributed by atoms with Crippen molar-refractivity contribution in [3.8, 4) is 0 Å². The minimum absolute atomic E-state index is 0.140. The molecule has 1 N–H and O–H groups in total. The Hall–Kier alpha value is -3.23. The summed E-state index contributed by atoms with van der Waals surface area (Å²) in [6.07, 6.45) is 1.51. The molecule has 30 heavy (non-hydrogen) atoms. The molecule has 0 aliphatic heterocycles. The molecule has 8 heteroatoms. The second kappa shape index (κ2) is 9.06. The first kappa shape index (κ1) is 21.5. The first-order valence-electron chi connectivity index (χ1n) is 9.32. The van der Waals surface area contributed by atoms with E-state index < -0.39 is 15.9 Å². The van der Waals surface area contributed by atoms with E-state index in [0.29, 0.717) is 0 Å². The molecule has 0 aromatic heterocycles. The molecule has 0 bridgehead atoms. The molecule has 0 fully saturated rings. The Balaban J connectivity index is 1.62. The van der Waals surface area contributed by atoms with Crippen molar-refractivity contribution in [2.45, 2.75) is 4.90 Å². The van der Waals surface area contributed by atoms with Crippen LogP contribution in [0.15, 0.2) is 76.7 Å². The van der Waals surface area contributed by atoms with E-state index in [0.717, 1.165) is 26.3 Å². The third-order valence-electron chi connectivity index (χ3n) is 4.61. The Kier molecular flexibility index (Phi) is 6.49. The predicted molar refractivity (Wildman–Crippen MR) is 120 cm³/mol. The van der Waals surface area contributed by atoms with Gasteiger partial charge in [0.2, 0.25) is 10.0 Å². The van der Waals surface area contributed by atoms with E-state index in [-0.39, 0.29) is 11.4 Å². The molecule has 1 amide bonds. The van der Waals surface area contributed by atoms with E-state index in [4.69, 9.17) is 0 Å². The summed E-state index contributed by atoms with van der Waals surface area (Å²) >= 11 is 0. The monoisotopic (exact) mass is 424 g/mol. The van der Waals surface area contributed by atoms with Crippen molar-refractivity contribution in [1.29, 1.82) is 0 Å². The van der Waals surface area contributed by atoms with Crippen LogP contribution in [0.2, 0.25) is 0 Å². The quantitative estimate of drug-likeness (QED) is 0.467. The zero-order chi connectivity index (χ0) is 21.7. The zero-order valence-corrected chi connectivity index (χ0v) is 17.9.